The number of nitrogens with one attached hydrogen (secondary N) is 1. The monoisotopic (exact) mass is 624 g/mol. The van der Waals surface area contributed by atoms with Crippen LogP contribution in [0.2, 0.25) is 18.1 Å². The standard InChI is InChI=1S/C33H44N2O8Si/c1-21(18-22-12-11-13-23(19-22)20-36)35(29(38)39)33(8,43-44(9,10)32(5,6)7)25-15-16-26(41-30(40)42-31(2,3)4)28-24(25)14-17-27(37)34-28/h11-17,19-21H,18H2,1-10H3,(H,34,37)(H,38,39)/t21-,33-/m1/s1. The van der Waals surface area contributed by atoms with E-state index < -0.39 is 43.5 Å². The maximum atomic E-state index is 13.2. The Morgan fingerprint density at radius 3 is 2.25 bits per heavy atom. The molecule has 0 aliphatic rings. The van der Waals surface area contributed by atoms with Crippen molar-refractivity contribution in [2.24, 2.45) is 0 Å². The molecule has 0 unspecified atom stereocenters. The van der Waals surface area contributed by atoms with Crippen LogP contribution < -0.4 is 10.3 Å². The zero-order chi connectivity index (χ0) is 33.3. The Morgan fingerprint density at radius 1 is 1.02 bits per heavy atom. The van der Waals surface area contributed by atoms with E-state index in [4.69, 9.17) is 13.9 Å². The van der Waals surface area contributed by atoms with Gasteiger partial charge in [-0.05, 0) is 89.0 Å². The number of hydrogen-bond donors (Lipinski definition) is 2. The molecule has 2 N–H and O–H groups in total. The number of fused-ring (bicyclic) bond motifs is 1. The van der Waals surface area contributed by atoms with Crippen LogP contribution in [0.25, 0.3) is 10.9 Å². The molecule has 0 radical (unpaired) electrons. The van der Waals surface area contributed by atoms with Crippen LogP contribution in [0.15, 0.2) is 53.3 Å². The van der Waals surface area contributed by atoms with Gasteiger partial charge in [0.05, 0.1) is 5.52 Å². The summed E-state index contributed by atoms with van der Waals surface area (Å²) in [4.78, 5) is 53.7. The van der Waals surface area contributed by atoms with Gasteiger partial charge < -0.3 is 24.0 Å². The molecule has 0 fully saturated rings. The highest BCUT2D eigenvalue weighted by Crippen LogP contribution is 2.46. The zero-order valence-electron chi connectivity index (χ0n) is 27.2. The lowest BCUT2D eigenvalue weighted by molar-refractivity contribution is -0.0872. The predicted octanol–water partition coefficient (Wildman–Crippen LogP) is 7.46. The molecule has 0 bridgehead atoms. The fourth-order valence-electron chi connectivity index (χ4n) is 4.98. The largest absolute Gasteiger partial charge is 0.514 e. The van der Waals surface area contributed by atoms with Crippen molar-refractivity contribution >= 4 is 37.8 Å². The average molecular weight is 625 g/mol. The summed E-state index contributed by atoms with van der Waals surface area (Å²) in [5.74, 6) is 0.0472. The molecule has 0 saturated heterocycles. The number of H-pyrrole nitrogens is 1. The van der Waals surface area contributed by atoms with Crippen LogP contribution >= 0.6 is 0 Å². The second kappa shape index (κ2) is 12.6. The molecule has 3 aromatic rings. The lowest BCUT2D eigenvalue weighted by atomic mass is 9.94. The lowest BCUT2D eigenvalue weighted by Gasteiger charge is -2.50. The van der Waals surface area contributed by atoms with Crippen molar-refractivity contribution in [2.45, 2.75) is 97.3 Å². The summed E-state index contributed by atoms with van der Waals surface area (Å²) in [7, 11) is -2.68. The molecule has 1 aromatic heterocycles. The van der Waals surface area contributed by atoms with E-state index in [1.807, 2.05) is 19.2 Å². The van der Waals surface area contributed by atoms with Crippen LogP contribution in [-0.4, -0.2) is 53.5 Å². The average Bonchev–Trinajstić information content (AvgIpc) is 2.86. The molecule has 0 saturated carbocycles. The molecule has 44 heavy (non-hydrogen) atoms. The Hall–Kier alpha value is -3.96. The topological polar surface area (TPSA) is 135 Å². The van der Waals surface area contributed by atoms with Gasteiger partial charge in [0.25, 0.3) is 0 Å². The van der Waals surface area contributed by atoms with Crippen LogP contribution in [-0.2, 0) is 21.3 Å². The van der Waals surface area contributed by atoms with Gasteiger partial charge >= 0.3 is 12.2 Å². The third-order valence-electron chi connectivity index (χ3n) is 7.92. The highest BCUT2D eigenvalue weighted by molar-refractivity contribution is 6.74. The maximum Gasteiger partial charge on any atom is 0.514 e. The summed E-state index contributed by atoms with van der Waals surface area (Å²) in [6.45, 7) is 18.9. The van der Waals surface area contributed by atoms with Gasteiger partial charge in [-0.2, -0.15) is 0 Å². The van der Waals surface area contributed by atoms with Gasteiger partial charge in [-0.3, -0.25) is 14.5 Å². The minimum absolute atomic E-state index is 0.0472. The van der Waals surface area contributed by atoms with Crippen LogP contribution in [0.5, 0.6) is 5.75 Å². The highest BCUT2D eigenvalue weighted by atomic mass is 28.4. The van der Waals surface area contributed by atoms with E-state index in [1.54, 1.807) is 65.0 Å². The third-order valence-corrected chi connectivity index (χ3v) is 12.4. The van der Waals surface area contributed by atoms with Gasteiger partial charge in [-0.1, -0.05) is 39.0 Å². The van der Waals surface area contributed by atoms with E-state index in [0.717, 1.165) is 11.8 Å². The van der Waals surface area contributed by atoms with Gasteiger partial charge in [0, 0.05) is 28.6 Å². The fraction of sp³-hybridized carbons (Fsp3) is 0.455. The first-order valence-corrected chi connectivity index (χ1v) is 17.4. The molecule has 1 amide bonds. The Kier molecular flexibility index (Phi) is 9.86. The van der Waals surface area contributed by atoms with E-state index >= 15 is 0 Å². The van der Waals surface area contributed by atoms with Crippen LogP contribution in [0.3, 0.4) is 0 Å². The van der Waals surface area contributed by atoms with Gasteiger partial charge in [0.1, 0.15) is 11.9 Å². The van der Waals surface area contributed by atoms with Gasteiger partial charge in [-0.25, -0.2) is 9.59 Å². The first-order valence-electron chi connectivity index (χ1n) is 14.5. The molecule has 2 aromatic carbocycles. The van der Waals surface area contributed by atoms with Crippen molar-refractivity contribution in [3.05, 3.63) is 75.6 Å². The van der Waals surface area contributed by atoms with Crippen LogP contribution in [0, 0.1) is 0 Å². The van der Waals surface area contributed by atoms with Crippen molar-refractivity contribution in [1.82, 2.24) is 9.88 Å². The quantitative estimate of drug-likeness (QED) is 0.0823. The van der Waals surface area contributed by atoms with Crippen molar-refractivity contribution in [2.75, 3.05) is 0 Å². The van der Waals surface area contributed by atoms with Crippen molar-refractivity contribution in [1.29, 1.82) is 0 Å². The van der Waals surface area contributed by atoms with E-state index in [-0.39, 0.29) is 16.3 Å². The number of aldehydes is 1. The number of carbonyl (C=O) groups excluding carboxylic acids is 2. The minimum atomic E-state index is -2.68. The third kappa shape index (κ3) is 7.75. The number of amides is 1. The number of aromatic amines is 1. The summed E-state index contributed by atoms with van der Waals surface area (Å²) < 4.78 is 17.9. The molecule has 238 valence electrons. The molecule has 3 rings (SSSR count). The molecule has 0 aliphatic carbocycles. The van der Waals surface area contributed by atoms with E-state index in [2.05, 4.69) is 25.8 Å². The molecule has 11 heteroatoms. The normalized spacial score (nSPS) is 14.4. The molecule has 2 atom stereocenters. The smallest absolute Gasteiger partial charge is 0.465 e. The highest BCUT2D eigenvalue weighted by Gasteiger charge is 2.50. The van der Waals surface area contributed by atoms with Gasteiger partial charge in [0.2, 0.25) is 5.56 Å². The number of ether oxygens (including phenoxy) is 2. The van der Waals surface area contributed by atoms with E-state index in [0.29, 0.717) is 22.9 Å². The first kappa shape index (κ1) is 34.5. The number of aromatic nitrogens is 1. The SMILES string of the molecule is C[C@H](Cc1cccc(C=O)c1)N(C(=O)O)[C@](C)(O[Si](C)(C)C(C)(C)C)c1ccc(OC(=O)OC(C)(C)C)c2[nH]c(=O)ccc12. The van der Waals surface area contributed by atoms with Crippen LogP contribution in [0.4, 0.5) is 9.59 Å². The van der Waals surface area contributed by atoms with Gasteiger partial charge in [-0.15, -0.1) is 0 Å². The summed E-state index contributed by atoms with van der Waals surface area (Å²) >= 11 is 0. The summed E-state index contributed by atoms with van der Waals surface area (Å²) in [6.07, 6.45) is -1.10. The summed E-state index contributed by atoms with van der Waals surface area (Å²) in [5, 5.41) is 10.9. The van der Waals surface area contributed by atoms with E-state index in [9.17, 15) is 24.3 Å². The second-order valence-corrected chi connectivity index (χ2v) is 18.4. The minimum Gasteiger partial charge on any atom is -0.465 e. The molecular formula is C33H44N2O8Si. The number of nitrogens with zero attached hydrogens (tertiary/aromatic N) is 1. The Labute approximate surface area is 259 Å². The summed E-state index contributed by atoms with van der Waals surface area (Å²) in [6, 6.07) is 12.5. The number of rotatable bonds is 9. The Bertz CT molecular complexity index is 1600. The Morgan fingerprint density at radius 2 is 1.68 bits per heavy atom. The molecule has 0 aliphatic heterocycles. The van der Waals surface area contributed by atoms with Crippen molar-refractivity contribution in [3.63, 3.8) is 0 Å². The fourth-order valence-corrected chi connectivity index (χ4v) is 6.49. The van der Waals surface area contributed by atoms with Crippen molar-refractivity contribution < 1.29 is 33.4 Å². The summed E-state index contributed by atoms with van der Waals surface area (Å²) in [5.41, 5.74) is -0.861. The number of carboxylic acid groups (broad SMARTS) is 1. The van der Waals surface area contributed by atoms with Crippen molar-refractivity contribution in [3.8, 4) is 5.75 Å². The number of hydrogen-bond acceptors (Lipinski definition) is 7. The van der Waals surface area contributed by atoms with Crippen LogP contribution in [0.1, 0.15) is 76.9 Å². The number of carbonyl (C=O) groups is 3. The predicted molar refractivity (Wildman–Crippen MR) is 172 cm³/mol. The molecular weight excluding hydrogens is 580 g/mol. The molecule has 0 spiro atoms. The molecule has 10 nitrogen and oxygen atoms in total. The second-order valence-electron chi connectivity index (χ2n) is 13.7. The Balaban J connectivity index is 2.27. The first-order chi connectivity index (χ1) is 20.2. The van der Waals surface area contributed by atoms with E-state index in [1.165, 1.54) is 17.0 Å². The maximum absolute atomic E-state index is 13.2. The number of pyridine rings is 1. The number of benzene rings is 2. The molecule has 1 heterocycles. The lowest BCUT2D eigenvalue weighted by Crippen LogP contribution is -2.59. The van der Waals surface area contributed by atoms with Gasteiger partial charge in [0.15, 0.2) is 19.8 Å². The zero-order valence-corrected chi connectivity index (χ0v) is 28.2.